The van der Waals surface area contributed by atoms with Gasteiger partial charge in [0, 0.05) is 6.42 Å². The number of hydrogen-bond acceptors (Lipinski definition) is 2. The molecule has 3 nitrogen and oxygen atoms in total. The molecule has 0 radical (unpaired) electrons. The smallest absolute Gasteiger partial charge is 0.333 e. The van der Waals surface area contributed by atoms with E-state index < -0.39 is 12.1 Å². The van der Waals surface area contributed by atoms with Crippen LogP contribution in [0.3, 0.4) is 0 Å². The lowest BCUT2D eigenvalue weighted by molar-refractivity contribution is -0.151. The molecule has 0 aliphatic heterocycles. The van der Waals surface area contributed by atoms with E-state index in [4.69, 9.17) is 4.74 Å². The van der Waals surface area contributed by atoms with Gasteiger partial charge in [-0.1, -0.05) is 72.8 Å². The summed E-state index contributed by atoms with van der Waals surface area (Å²) in [5.74, 6) is -0.936. The van der Waals surface area contributed by atoms with Crippen molar-refractivity contribution in [2.45, 2.75) is 19.1 Å². The molecule has 0 spiro atoms. The summed E-state index contributed by atoms with van der Waals surface area (Å²) in [6.45, 7) is 0.294. The summed E-state index contributed by atoms with van der Waals surface area (Å²) in [7, 11) is 0. The predicted octanol–water partition coefficient (Wildman–Crippen LogP) is 4.05. The Labute approximate surface area is 135 Å². The Morgan fingerprint density at radius 3 is 2.39 bits per heavy atom. The molecule has 0 aromatic heterocycles. The first-order valence-electron chi connectivity index (χ1n) is 7.59. The van der Waals surface area contributed by atoms with Gasteiger partial charge in [0.1, 0.15) is 0 Å². The SMILES string of the molecule is O=C(O)[C@@H](Cc1cccc2ccccc12)OCc1ccccc1. The Kier molecular flexibility index (Phi) is 4.69. The molecule has 3 heteroatoms. The average Bonchev–Trinajstić information content (AvgIpc) is 2.59. The van der Waals surface area contributed by atoms with Gasteiger partial charge < -0.3 is 9.84 Å². The van der Waals surface area contributed by atoms with E-state index in [9.17, 15) is 9.90 Å². The van der Waals surface area contributed by atoms with Gasteiger partial charge in [-0.25, -0.2) is 4.79 Å². The predicted molar refractivity (Wildman–Crippen MR) is 90.3 cm³/mol. The summed E-state index contributed by atoms with van der Waals surface area (Å²) in [5.41, 5.74) is 1.96. The van der Waals surface area contributed by atoms with Crippen LogP contribution in [0.1, 0.15) is 11.1 Å². The largest absolute Gasteiger partial charge is 0.479 e. The van der Waals surface area contributed by atoms with Crippen molar-refractivity contribution in [3.05, 3.63) is 83.9 Å². The fourth-order valence-corrected chi connectivity index (χ4v) is 2.66. The van der Waals surface area contributed by atoms with Gasteiger partial charge >= 0.3 is 5.97 Å². The maximum atomic E-state index is 11.5. The monoisotopic (exact) mass is 306 g/mol. The standard InChI is InChI=1S/C20H18O3/c21-20(22)19(23-14-15-7-2-1-3-8-15)13-17-11-6-10-16-9-4-5-12-18(16)17/h1-12,19H,13-14H2,(H,21,22)/t19-/m1/s1. The highest BCUT2D eigenvalue weighted by Crippen LogP contribution is 2.21. The van der Waals surface area contributed by atoms with E-state index in [-0.39, 0.29) is 0 Å². The topological polar surface area (TPSA) is 46.5 Å². The lowest BCUT2D eigenvalue weighted by atomic mass is 10.00. The van der Waals surface area contributed by atoms with Crippen LogP contribution in [0.4, 0.5) is 0 Å². The molecule has 116 valence electrons. The highest BCUT2D eigenvalue weighted by Gasteiger charge is 2.19. The first kappa shape index (κ1) is 15.3. The number of carbonyl (C=O) groups is 1. The minimum absolute atomic E-state index is 0.294. The number of benzene rings is 3. The van der Waals surface area contributed by atoms with Crippen molar-refractivity contribution in [2.75, 3.05) is 0 Å². The number of ether oxygens (including phenoxy) is 1. The Hall–Kier alpha value is -2.65. The van der Waals surface area contributed by atoms with Crippen LogP contribution in [-0.2, 0) is 22.6 Å². The molecule has 0 unspecified atom stereocenters. The zero-order valence-corrected chi connectivity index (χ0v) is 12.7. The van der Waals surface area contributed by atoms with Crippen molar-refractivity contribution < 1.29 is 14.6 Å². The van der Waals surface area contributed by atoms with Gasteiger partial charge in [0.25, 0.3) is 0 Å². The molecule has 3 aromatic carbocycles. The van der Waals surface area contributed by atoms with Crippen molar-refractivity contribution in [1.82, 2.24) is 0 Å². The highest BCUT2D eigenvalue weighted by atomic mass is 16.5. The molecular weight excluding hydrogens is 288 g/mol. The minimum atomic E-state index is -0.936. The lowest BCUT2D eigenvalue weighted by Gasteiger charge is -2.15. The first-order chi connectivity index (χ1) is 11.2. The second kappa shape index (κ2) is 7.07. The molecule has 0 bridgehead atoms. The highest BCUT2D eigenvalue weighted by molar-refractivity contribution is 5.86. The molecule has 0 saturated carbocycles. The van der Waals surface area contributed by atoms with E-state index in [0.29, 0.717) is 13.0 Å². The van der Waals surface area contributed by atoms with Crippen molar-refractivity contribution in [1.29, 1.82) is 0 Å². The van der Waals surface area contributed by atoms with E-state index in [1.165, 1.54) is 0 Å². The van der Waals surface area contributed by atoms with Gasteiger partial charge in [0.05, 0.1) is 6.61 Å². The third-order valence-corrected chi connectivity index (χ3v) is 3.85. The Morgan fingerprint density at radius 1 is 0.913 bits per heavy atom. The summed E-state index contributed by atoms with van der Waals surface area (Å²) < 4.78 is 5.64. The molecule has 0 heterocycles. The molecular formula is C20H18O3. The van der Waals surface area contributed by atoms with Crippen molar-refractivity contribution in [3.8, 4) is 0 Å². The molecule has 23 heavy (non-hydrogen) atoms. The molecule has 1 N–H and O–H groups in total. The fraction of sp³-hybridized carbons (Fsp3) is 0.150. The number of hydrogen-bond donors (Lipinski definition) is 1. The zero-order chi connectivity index (χ0) is 16.1. The Bertz CT molecular complexity index is 791. The van der Waals surface area contributed by atoms with Gasteiger partial charge in [-0.3, -0.25) is 0 Å². The van der Waals surface area contributed by atoms with Crippen LogP contribution in [-0.4, -0.2) is 17.2 Å². The molecule has 3 rings (SSSR count). The maximum Gasteiger partial charge on any atom is 0.333 e. The molecule has 3 aromatic rings. The van der Waals surface area contributed by atoms with Crippen LogP contribution in [0.25, 0.3) is 10.8 Å². The number of carboxylic acid groups (broad SMARTS) is 1. The second-order valence-electron chi connectivity index (χ2n) is 5.47. The fourth-order valence-electron chi connectivity index (χ4n) is 2.66. The van der Waals surface area contributed by atoms with Crippen LogP contribution >= 0.6 is 0 Å². The summed E-state index contributed by atoms with van der Waals surface area (Å²) >= 11 is 0. The van der Waals surface area contributed by atoms with E-state index >= 15 is 0 Å². The number of fused-ring (bicyclic) bond motifs is 1. The normalized spacial score (nSPS) is 12.2. The van der Waals surface area contributed by atoms with Crippen LogP contribution in [0, 0.1) is 0 Å². The first-order valence-corrected chi connectivity index (χ1v) is 7.59. The second-order valence-corrected chi connectivity index (χ2v) is 5.47. The molecule has 0 aliphatic rings. The number of aliphatic carboxylic acids is 1. The lowest BCUT2D eigenvalue weighted by Crippen LogP contribution is -2.26. The van der Waals surface area contributed by atoms with E-state index in [0.717, 1.165) is 21.9 Å². The quantitative estimate of drug-likeness (QED) is 0.747. The average molecular weight is 306 g/mol. The van der Waals surface area contributed by atoms with Gasteiger partial charge in [-0.2, -0.15) is 0 Å². The Morgan fingerprint density at radius 2 is 1.61 bits per heavy atom. The van der Waals surface area contributed by atoms with Gasteiger partial charge in [0.15, 0.2) is 6.10 Å². The summed E-state index contributed by atoms with van der Waals surface area (Å²) in [4.78, 5) is 11.5. The summed E-state index contributed by atoms with van der Waals surface area (Å²) in [6.07, 6.45) is -0.509. The molecule has 1 atom stereocenters. The van der Waals surface area contributed by atoms with E-state index in [1.54, 1.807) is 0 Å². The summed E-state index contributed by atoms with van der Waals surface area (Å²) in [6, 6.07) is 23.5. The molecule has 0 fully saturated rings. The van der Waals surface area contributed by atoms with Crippen LogP contribution in [0.15, 0.2) is 72.8 Å². The van der Waals surface area contributed by atoms with Crippen molar-refractivity contribution in [3.63, 3.8) is 0 Å². The zero-order valence-electron chi connectivity index (χ0n) is 12.7. The van der Waals surface area contributed by atoms with Gasteiger partial charge in [-0.15, -0.1) is 0 Å². The van der Waals surface area contributed by atoms with Crippen molar-refractivity contribution in [2.24, 2.45) is 0 Å². The van der Waals surface area contributed by atoms with E-state index in [1.807, 2.05) is 72.8 Å². The van der Waals surface area contributed by atoms with E-state index in [2.05, 4.69) is 0 Å². The van der Waals surface area contributed by atoms with Gasteiger partial charge in [-0.05, 0) is 21.9 Å². The van der Waals surface area contributed by atoms with Crippen LogP contribution in [0.2, 0.25) is 0 Å². The summed E-state index contributed by atoms with van der Waals surface area (Å²) in [5, 5.41) is 11.6. The number of carboxylic acids is 1. The van der Waals surface area contributed by atoms with Gasteiger partial charge in [0.2, 0.25) is 0 Å². The maximum absolute atomic E-state index is 11.5. The molecule has 0 aliphatic carbocycles. The third kappa shape index (κ3) is 3.76. The third-order valence-electron chi connectivity index (χ3n) is 3.85. The van der Waals surface area contributed by atoms with Crippen LogP contribution in [0.5, 0.6) is 0 Å². The Balaban J connectivity index is 1.78. The van der Waals surface area contributed by atoms with Crippen molar-refractivity contribution >= 4 is 16.7 Å². The number of rotatable bonds is 6. The van der Waals surface area contributed by atoms with Crippen LogP contribution < -0.4 is 0 Å². The molecule has 0 saturated heterocycles. The molecule has 0 amide bonds. The minimum Gasteiger partial charge on any atom is -0.479 e.